The molecule has 0 aliphatic carbocycles. The van der Waals surface area contributed by atoms with E-state index in [1.807, 2.05) is 20.8 Å². The van der Waals surface area contributed by atoms with Crippen LogP contribution in [0.25, 0.3) is 0 Å². The van der Waals surface area contributed by atoms with E-state index in [1.165, 1.54) is 0 Å². The molecule has 0 fully saturated rings. The first-order valence-corrected chi connectivity index (χ1v) is 8.06. The number of amides is 1. The summed E-state index contributed by atoms with van der Waals surface area (Å²) < 4.78 is 0. The molecule has 0 radical (unpaired) electrons. The van der Waals surface area contributed by atoms with Gasteiger partial charge in [0.15, 0.2) is 0 Å². The number of carboxylic acid groups (broad SMARTS) is 1. The number of carbonyl (C=O) groups excluding carboxylic acids is 2. The van der Waals surface area contributed by atoms with Crippen LogP contribution in [0, 0.1) is 0 Å². The van der Waals surface area contributed by atoms with Gasteiger partial charge in [-0.05, 0) is 53.4 Å². The van der Waals surface area contributed by atoms with Gasteiger partial charge in [-0.3, -0.25) is 14.4 Å². The highest BCUT2D eigenvalue weighted by Gasteiger charge is 2.20. The Bertz CT molecular complexity index is 405. The van der Waals surface area contributed by atoms with Crippen molar-refractivity contribution in [3.8, 4) is 0 Å². The summed E-state index contributed by atoms with van der Waals surface area (Å²) in [6.45, 7) is 8.15. The van der Waals surface area contributed by atoms with Crippen LogP contribution >= 0.6 is 0 Å². The average Bonchev–Trinajstić information content (AvgIpc) is 2.41. The SMILES string of the molecule is CC(=O)[C@H](CCCCNC(=O)CC[C@H](N)C(=O)O)NC(C)(C)C. The third-order valence-electron chi connectivity index (χ3n) is 3.34. The predicted octanol–water partition coefficient (Wildman–Crippen LogP) is 0.811. The van der Waals surface area contributed by atoms with Gasteiger partial charge in [0, 0.05) is 18.5 Å². The second kappa shape index (κ2) is 10.3. The van der Waals surface area contributed by atoms with Crippen molar-refractivity contribution in [2.24, 2.45) is 5.73 Å². The Balaban J connectivity index is 3.87. The average molecular weight is 329 g/mol. The van der Waals surface area contributed by atoms with Gasteiger partial charge >= 0.3 is 5.97 Å². The van der Waals surface area contributed by atoms with Gasteiger partial charge in [0.25, 0.3) is 0 Å². The molecule has 0 aliphatic rings. The lowest BCUT2D eigenvalue weighted by atomic mass is 10.0. The molecule has 0 aromatic carbocycles. The molecule has 0 aromatic rings. The summed E-state index contributed by atoms with van der Waals surface area (Å²) in [5, 5.41) is 14.7. The highest BCUT2D eigenvalue weighted by Crippen LogP contribution is 2.08. The maximum Gasteiger partial charge on any atom is 0.320 e. The standard InChI is InChI=1S/C16H31N3O4/c1-11(20)13(19-16(2,3)4)7-5-6-10-18-14(21)9-8-12(17)15(22)23/h12-13,19H,5-10,17H2,1-4H3,(H,18,21)(H,22,23)/t12-,13-/m0/s1. The van der Waals surface area contributed by atoms with Crippen LogP contribution in [-0.4, -0.2) is 46.9 Å². The zero-order chi connectivity index (χ0) is 18.0. The Kier molecular flexibility index (Phi) is 9.67. The number of carbonyl (C=O) groups is 3. The van der Waals surface area contributed by atoms with Crippen LogP contribution in [0.5, 0.6) is 0 Å². The Hall–Kier alpha value is -1.47. The molecule has 2 atom stereocenters. The van der Waals surface area contributed by atoms with Gasteiger partial charge in [0.2, 0.25) is 5.91 Å². The number of Topliss-reactive ketones (excluding diaryl/α,β-unsaturated/α-hetero) is 1. The fourth-order valence-corrected chi connectivity index (χ4v) is 2.10. The first kappa shape index (κ1) is 21.5. The zero-order valence-electron chi connectivity index (χ0n) is 14.6. The number of hydrogen-bond acceptors (Lipinski definition) is 5. The molecule has 0 aliphatic heterocycles. The smallest absolute Gasteiger partial charge is 0.320 e. The van der Waals surface area contributed by atoms with Crippen molar-refractivity contribution in [1.29, 1.82) is 0 Å². The Labute approximate surface area is 138 Å². The summed E-state index contributed by atoms with van der Waals surface area (Å²) in [6, 6.07) is -1.17. The second-order valence-corrected chi connectivity index (χ2v) is 6.89. The predicted molar refractivity (Wildman–Crippen MR) is 89.1 cm³/mol. The van der Waals surface area contributed by atoms with E-state index in [0.717, 1.165) is 19.3 Å². The maximum atomic E-state index is 11.6. The van der Waals surface area contributed by atoms with Crippen LogP contribution in [0.2, 0.25) is 0 Å². The molecule has 0 unspecified atom stereocenters. The Morgan fingerprint density at radius 1 is 1.13 bits per heavy atom. The normalized spacial score (nSPS) is 14.1. The minimum atomic E-state index is -1.10. The second-order valence-electron chi connectivity index (χ2n) is 6.89. The molecule has 0 rings (SSSR count). The van der Waals surface area contributed by atoms with Gasteiger partial charge in [-0.1, -0.05) is 0 Å². The van der Waals surface area contributed by atoms with E-state index in [0.29, 0.717) is 6.54 Å². The van der Waals surface area contributed by atoms with E-state index in [2.05, 4.69) is 10.6 Å². The number of unbranched alkanes of at least 4 members (excludes halogenated alkanes) is 1. The molecule has 0 spiro atoms. The molecule has 0 aromatic heterocycles. The Morgan fingerprint density at radius 2 is 1.74 bits per heavy atom. The van der Waals surface area contributed by atoms with Crippen molar-refractivity contribution in [1.82, 2.24) is 10.6 Å². The molecule has 7 heteroatoms. The van der Waals surface area contributed by atoms with Gasteiger partial charge in [-0.25, -0.2) is 0 Å². The molecular formula is C16H31N3O4. The molecule has 0 heterocycles. The highest BCUT2D eigenvalue weighted by atomic mass is 16.4. The van der Waals surface area contributed by atoms with Gasteiger partial charge in [-0.15, -0.1) is 0 Å². The summed E-state index contributed by atoms with van der Waals surface area (Å²) in [4.78, 5) is 33.7. The lowest BCUT2D eigenvalue weighted by Gasteiger charge is -2.27. The van der Waals surface area contributed by atoms with Crippen LogP contribution in [0.1, 0.15) is 59.8 Å². The van der Waals surface area contributed by atoms with E-state index < -0.39 is 12.0 Å². The molecule has 5 N–H and O–H groups in total. The third kappa shape index (κ3) is 11.7. The van der Waals surface area contributed by atoms with Crippen LogP contribution in [0.4, 0.5) is 0 Å². The van der Waals surface area contributed by atoms with E-state index in [4.69, 9.17) is 10.8 Å². The number of nitrogens with one attached hydrogen (secondary N) is 2. The number of aliphatic carboxylic acids is 1. The molecule has 0 saturated heterocycles. The summed E-state index contributed by atoms with van der Waals surface area (Å²) >= 11 is 0. The summed E-state index contributed by atoms with van der Waals surface area (Å²) in [5.41, 5.74) is 5.22. The van der Waals surface area contributed by atoms with Gasteiger partial charge in [0.05, 0.1) is 6.04 Å². The van der Waals surface area contributed by atoms with Gasteiger partial charge < -0.3 is 21.5 Å². The van der Waals surface area contributed by atoms with Crippen molar-refractivity contribution in [3.05, 3.63) is 0 Å². The molecule has 0 saturated carbocycles. The van der Waals surface area contributed by atoms with Gasteiger partial charge in [0.1, 0.15) is 11.8 Å². The van der Waals surface area contributed by atoms with E-state index >= 15 is 0 Å². The maximum absolute atomic E-state index is 11.6. The molecule has 134 valence electrons. The summed E-state index contributed by atoms with van der Waals surface area (Å²) in [7, 11) is 0. The number of nitrogens with two attached hydrogens (primary N) is 1. The molecule has 0 bridgehead atoms. The lowest BCUT2D eigenvalue weighted by molar-refractivity contribution is -0.138. The van der Waals surface area contributed by atoms with Crippen LogP contribution in [0.15, 0.2) is 0 Å². The minimum absolute atomic E-state index is 0.106. The Morgan fingerprint density at radius 3 is 2.22 bits per heavy atom. The van der Waals surface area contributed by atoms with Crippen molar-refractivity contribution in [2.75, 3.05) is 6.54 Å². The number of ketones is 1. The molecule has 7 nitrogen and oxygen atoms in total. The lowest BCUT2D eigenvalue weighted by Crippen LogP contribution is -2.47. The molecule has 1 amide bonds. The van der Waals surface area contributed by atoms with E-state index in [-0.39, 0.29) is 36.1 Å². The number of carboxylic acids is 1. The summed E-state index contributed by atoms with van der Waals surface area (Å²) in [6.07, 6.45) is 2.55. The zero-order valence-corrected chi connectivity index (χ0v) is 14.6. The topological polar surface area (TPSA) is 122 Å². The number of hydrogen-bond donors (Lipinski definition) is 4. The van der Waals surface area contributed by atoms with Crippen LogP contribution in [-0.2, 0) is 14.4 Å². The number of rotatable bonds is 11. The van der Waals surface area contributed by atoms with Crippen molar-refractivity contribution in [3.63, 3.8) is 0 Å². The van der Waals surface area contributed by atoms with E-state index in [1.54, 1.807) is 6.92 Å². The quantitative estimate of drug-likeness (QED) is 0.416. The first-order valence-electron chi connectivity index (χ1n) is 8.06. The van der Waals surface area contributed by atoms with Crippen molar-refractivity contribution >= 4 is 17.7 Å². The van der Waals surface area contributed by atoms with E-state index in [9.17, 15) is 14.4 Å². The minimum Gasteiger partial charge on any atom is -0.480 e. The van der Waals surface area contributed by atoms with Gasteiger partial charge in [-0.2, -0.15) is 0 Å². The molecular weight excluding hydrogens is 298 g/mol. The monoisotopic (exact) mass is 329 g/mol. The van der Waals surface area contributed by atoms with Crippen LogP contribution < -0.4 is 16.4 Å². The largest absolute Gasteiger partial charge is 0.480 e. The fraction of sp³-hybridized carbons (Fsp3) is 0.812. The fourth-order valence-electron chi connectivity index (χ4n) is 2.10. The van der Waals surface area contributed by atoms with Crippen molar-refractivity contribution < 1.29 is 19.5 Å². The highest BCUT2D eigenvalue weighted by molar-refractivity contribution is 5.81. The van der Waals surface area contributed by atoms with Crippen molar-refractivity contribution in [2.45, 2.75) is 77.4 Å². The van der Waals surface area contributed by atoms with Crippen LogP contribution in [0.3, 0.4) is 0 Å². The molecule has 23 heavy (non-hydrogen) atoms. The third-order valence-corrected chi connectivity index (χ3v) is 3.34. The first-order chi connectivity index (χ1) is 10.5. The summed E-state index contributed by atoms with van der Waals surface area (Å²) in [5.74, 6) is -1.18.